The van der Waals surface area contributed by atoms with Gasteiger partial charge in [-0.15, -0.1) is 0 Å². The lowest BCUT2D eigenvalue weighted by molar-refractivity contribution is 0.0923. The number of hydrogen-bond acceptors (Lipinski definition) is 4. The van der Waals surface area contributed by atoms with Gasteiger partial charge in [-0.3, -0.25) is 9.13 Å². The summed E-state index contributed by atoms with van der Waals surface area (Å²) in [5.74, 6) is 0. The van der Waals surface area contributed by atoms with E-state index in [-0.39, 0.29) is 6.61 Å². The summed E-state index contributed by atoms with van der Waals surface area (Å²) >= 11 is 0. The van der Waals surface area contributed by atoms with E-state index >= 15 is 0 Å². The third kappa shape index (κ3) is 137. The second-order valence-corrected chi connectivity index (χ2v) is 9.01. The Labute approximate surface area is 97.2 Å². The van der Waals surface area contributed by atoms with Crippen molar-refractivity contribution in [1.29, 1.82) is 0 Å². The molecule has 1 unspecified atom stereocenters. The third-order valence-electron chi connectivity index (χ3n) is 0.682. The molecule has 0 aromatic heterocycles. The van der Waals surface area contributed by atoms with Gasteiger partial charge in [0.1, 0.15) is 0 Å². The van der Waals surface area contributed by atoms with Gasteiger partial charge in [0, 0.05) is 26.7 Å². The first-order valence-corrected chi connectivity index (χ1v) is 9.76. The van der Waals surface area contributed by atoms with E-state index in [2.05, 4.69) is 0 Å². The van der Waals surface area contributed by atoms with Crippen molar-refractivity contribution in [2.24, 2.45) is 0 Å². The van der Waals surface area contributed by atoms with Crippen molar-refractivity contribution in [3.8, 4) is 0 Å². The van der Waals surface area contributed by atoms with Gasteiger partial charge in [0.25, 0.3) is 0 Å². The van der Waals surface area contributed by atoms with Crippen LogP contribution < -0.4 is 0 Å². The van der Waals surface area contributed by atoms with Crippen LogP contribution >= 0.6 is 14.7 Å². The maximum Gasteiger partial charge on any atom is 0.194 e. The first-order chi connectivity index (χ1) is 6.81. The van der Waals surface area contributed by atoms with Crippen LogP contribution in [0.4, 0.5) is 0 Å². The SMILES string of the molecule is CCC(O)CO.CP(C)(=O)O.CP(C)(=O)O. The molecular formula is C8H24O6P2. The first-order valence-electron chi connectivity index (χ1n) is 4.65. The predicted molar refractivity (Wildman–Crippen MR) is 66.7 cm³/mol. The standard InChI is InChI=1S/C4H10O2.2C2H7O2P/c1-2-4(6)3-5;2*1-5(2,3)4/h4-6H,2-3H2,1H3;2*1-2H3,(H,3,4). The molecule has 16 heavy (non-hydrogen) atoms. The van der Waals surface area contributed by atoms with E-state index in [1.165, 1.54) is 26.7 Å². The highest BCUT2D eigenvalue weighted by molar-refractivity contribution is 7.56. The zero-order valence-electron chi connectivity index (χ0n) is 10.5. The van der Waals surface area contributed by atoms with Crippen LogP contribution in [0.1, 0.15) is 13.3 Å². The van der Waals surface area contributed by atoms with Crippen LogP contribution in [0.3, 0.4) is 0 Å². The van der Waals surface area contributed by atoms with Gasteiger partial charge < -0.3 is 20.0 Å². The van der Waals surface area contributed by atoms with Gasteiger partial charge in [-0.25, -0.2) is 0 Å². The van der Waals surface area contributed by atoms with Crippen molar-refractivity contribution in [3.63, 3.8) is 0 Å². The van der Waals surface area contributed by atoms with Crippen molar-refractivity contribution in [2.45, 2.75) is 19.4 Å². The van der Waals surface area contributed by atoms with Crippen LogP contribution in [0.2, 0.25) is 0 Å². The Morgan fingerprint density at radius 2 is 1.19 bits per heavy atom. The van der Waals surface area contributed by atoms with Crippen molar-refractivity contribution in [2.75, 3.05) is 33.3 Å². The van der Waals surface area contributed by atoms with E-state index in [1.807, 2.05) is 6.92 Å². The highest BCUT2D eigenvalue weighted by Crippen LogP contribution is 2.28. The number of aliphatic hydroxyl groups excluding tert-OH is 2. The van der Waals surface area contributed by atoms with Gasteiger partial charge in [0.05, 0.1) is 12.7 Å². The molecule has 0 amide bonds. The molecule has 0 aliphatic rings. The molecule has 0 spiro atoms. The Kier molecular flexibility index (Phi) is 14.1. The fourth-order valence-corrected chi connectivity index (χ4v) is 0.129. The fourth-order valence-electron chi connectivity index (χ4n) is 0.129. The first kappa shape index (κ1) is 21.6. The molecule has 0 heterocycles. The summed E-state index contributed by atoms with van der Waals surface area (Å²) in [5.41, 5.74) is 0. The minimum Gasteiger partial charge on any atom is -0.394 e. The van der Waals surface area contributed by atoms with Crippen LogP contribution in [-0.4, -0.2) is 59.4 Å². The van der Waals surface area contributed by atoms with Crippen molar-refractivity contribution >= 4 is 14.7 Å². The summed E-state index contributed by atoms with van der Waals surface area (Å²) in [6, 6.07) is 0. The highest BCUT2D eigenvalue weighted by Gasteiger charge is 1.93. The predicted octanol–water partition coefficient (Wildman–Crippen LogP) is 0.782. The zero-order chi connectivity index (χ0) is 14.0. The molecular weight excluding hydrogens is 254 g/mol. The summed E-state index contributed by atoms with van der Waals surface area (Å²) in [6.07, 6.45) is 0.126. The van der Waals surface area contributed by atoms with E-state index in [9.17, 15) is 9.13 Å². The lowest BCUT2D eigenvalue weighted by Crippen LogP contribution is -2.08. The van der Waals surface area contributed by atoms with Crippen molar-refractivity contribution in [3.05, 3.63) is 0 Å². The van der Waals surface area contributed by atoms with Crippen LogP contribution in [0, 0.1) is 0 Å². The van der Waals surface area contributed by atoms with E-state index in [0.717, 1.165) is 0 Å². The summed E-state index contributed by atoms with van der Waals surface area (Å²) in [4.78, 5) is 16.2. The van der Waals surface area contributed by atoms with Crippen LogP contribution in [0.25, 0.3) is 0 Å². The molecule has 4 N–H and O–H groups in total. The van der Waals surface area contributed by atoms with Crippen LogP contribution in [-0.2, 0) is 9.13 Å². The second kappa shape index (κ2) is 10.5. The van der Waals surface area contributed by atoms with Crippen LogP contribution in [0.5, 0.6) is 0 Å². The molecule has 8 heteroatoms. The van der Waals surface area contributed by atoms with E-state index < -0.39 is 20.8 Å². The number of aliphatic hydroxyl groups is 2. The molecule has 6 nitrogen and oxygen atoms in total. The van der Waals surface area contributed by atoms with Gasteiger partial charge in [-0.2, -0.15) is 0 Å². The summed E-state index contributed by atoms with van der Waals surface area (Å²) < 4.78 is 19.5. The van der Waals surface area contributed by atoms with Gasteiger partial charge >= 0.3 is 0 Å². The quantitative estimate of drug-likeness (QED) is 0.555. The maximum atomic E-state index is 9.77. The Morgan fingerprint density at radius 3 is 1.19 bits per heavy atom. The summed E-state index contributed by atoms with van der Waals surface area (Å²) in [7, 11) is -5.28. The monoisotopic (exact) mass is 278 g/mol. The number of hydrogen-bond donors (Lipinski definition) is 4. The second-order valence-electron chi connectivity index (χ2n) is 3.83. The van der Waals surface area contributed by atoms with E-state index in [1.54, 1.807) is 0 Å². The molecule has 0 saturated carbocycles. The molecule has 0 radical (unpaired) electrons. The molecule has 0 rings (SSSR count). The fraction of sp³-hybridized carbons (Fsp3) is 1.00. The summed E-state index contributed by atoms with van der Waals surface area (Å²) in [6.45, 7) is 6.90. The maximum absolute atomic E-state index is 9.77. The largest absolute Gasteiger partial charge is 0.394 e. The topological polar surface area (TPSA) is 115 Å². The molecule has 0 fully saturated rings. The third-order valence-corrected chi connectivity index (χ3v) is 0.682. The molecule has 1 atom stereocenters. The van der Waals surface area contributed by atoms with Gasteiger partial charge in [0.15, 0.2) is 14.7 Å². The average Bonchev–Trinajstić information content (AvgIpc) is 1.96. The molecule has 102 valence electrons. The molecule has 0 aliphatic heterocycles. The molecule has 0 aromatic rings. The molecule has 0 aromatic carbocycles. The highest BCUT2D eigenvalue weighted by atomic mass is 31.2. The molecule has 0 bridgehead atoms. The Morgan fingerprint density at radius 1 is 1.00 bits per heavy atom. The van der Waals surface area contributed by atoms with Crippen LogP contribution in [0.15, 0.2) is 0 Å². The normalized spacial score (nSPS) is 12.8. The van der Waals surface area contributed by atoms with Crippen molar-refractivity contribution in [1.82, 2.24) is 0 Å². The Balaban J connectivity index is -0.000000160. The van der Waals surface area contributed by atoms with Crippen molar-refractivity contribution < 1.29 is 29.1 Å². The minimum absolute atomic E-state index is 0.115. The zero-order valence-corrected chi connectivity index (χ0v) is 12.3. The number of rotatable bonds is 2. The lowest BCUT2D eigenvalue weighted by atomic mass is 10.3. The minimum atomic E-state index is -2.64. The Hall–Kier alpha value is 0.300. The van der Waals surface area contributed by atoms with Gasteiger partial charge in [-0.1, -0.05) is 6.92 Å². The van der Waals surface area contributed by atoms with Gasteiger partial charge in [-0.05, 0) is 6.42 Å². The Bertz CT molecular complexity index is 190. The van der Waals surface area contributed by atoms with E-state index in [4.69, 9.17) is 20.0 Å². The average molecular weight is 278 g/mol. The molecule has 0 saturated heterocycles. The lowest BCUT2D eigenvalue weighted by Gasteiger charge is -1.97. The van der Waals surface area contributed by atoms with E-state index in [0.29, 0.717) is 6.42 Å². The van der Waals surface area contributed by atoms with Gasteiger partial charge in [0.2, 0.25) is 0 Å². The smallest absolute Gasteiger partial charge is 0.194 e. The molecule has 0 aliphatic carbocycles. The summed E-state index contributed by atoms with van der Waals surface area (Å²) in [5, 5.41) is 16.5.